The standard InChI is InChI=1S/C2H4N4OS/c3-1-2(4)8(7)6-5-1/h4,6H,(H2,3,5). The molecule has 44 valence electrons. The van der Waals surface area contributed by atoms with Crippen LogP contribution in [0, 0.1) is 5.41 Å². The normalized spacial score (nSPS) is 11.9. The van der Waals surface area contributed by atoms with Crippen molar-refractivity contribution in [3.63, 3.8) is 0 Å². The van der Waals surface area contributed by atoms with Crippen molar-refractivity contribution < 1.29 is 4.55 Å². The van der Waals surface area contributed by atoms with Gasteiger partial charge in [-0.15, -0.1) is 9.59 Å². The minimum atomic E-state index is -1.49. The quantitative estimate of drug-likeness (QED) is 0.402. The molecule has 6 heteroatoms. The first-order valence-electron chi connectivity index (χ1n) is 1.81. The molecule has 0 aliphatic carbocycles. The van der Waals surface area contributed by atoms with Crippen molar-refractivity contribution in [3.8, 4) is 0 Å². The molecular formula is C2H4N4OS. The Balaban J connectivity index is 3.42. The second kappa shape index (κ2) is 1.57. The molecule has 5 nitrogen and oxygen atoms in total. The number of anilines is 1. The number of aromatic nitrogens is 2. The average molecular weight is 132 g/mol. The minimum Gasteiger partial charge on any atom is -0.568 e. The van der Waals surface area contributed by atoms with Crippen LogP contribution in [0.5, 0.6) is 0 Å². The molecule has 4 N–H and O–H groups in total. The van der Waals surface area contributed by atoms with Gasteiger partial charge in [0.2, 0.25) is 5.82 Å². The third-order valence-electron chi connectivity index (χ3n) is 0.667. The Kier molecular flexibility index (Phi) is 1.03. The molecule has 8 heavy (non-hydrogen) atoms. The van der Waals surface area contributed by atoms with Gasteiger partial charge < -0.3 is 10.3 Å². The van der Waals surface area contributed by atoms with Gasteiger partial charge in [0.1, 0.15) is 0 Å². The Bertz CT molecular complexity index is 214. The van der Waals surface area contributed by atoms with Gasteiger partial charge in [-0.25, -0.2) is 5.41 Å². The van der Waals surface area contributed by atoms with Gasteiger partial charge in [-0.3, -0.25) is 0 Å². The molecule has 0 radical (unpaired) electrons. The summed E-state index contributed by atoms with van der Waals surface area (Å²) in [6.07, 6.45) is 0. The Labute approximate surface area is 47.6 Å². The molecule has 1 heterocycles. The second-order valence-corrected chi connectivity index (χ2v) is 2.31. The third-order valence-corrected chi connectivity index (χ3v) is 1.50. The molecule has 1 rings (SSSR count). The molecule has 0 aromatic carbocycles. The number of H-pyrrole nitrogens is 1. The highest BCUT2D eigenvalue weighted by atomic mass is 32.2. The Morgan fingerprint density at radius 1 is 1.88 bits per heavy atom. The van der Waals surface area contributed by atoms with Crippen molar-refractivity contribution in [2.45, 2.75) is 0 Å². The summed E-state index contributed by atoms with van der Waals surface area (Å²) in [5, 5.41) is 10.2. The lowest BCUT2D eigenvalue weighted by Crippen LogP contribution is -2.01. The zero-order valence-electron chi connectivity index (χ0n) is 3.84. The van der Waals surface area contributed by atoms with Crippen molar-refractivity contribution in [3.05, 3.63) is 4.67 Å². The molecule has 0 bridgehead atoms. The summed E-state index contributed by atoms with van der Waals surface area (Å²) in [5.74, 6) is 0.00309. The van der Waals surface area contributed by atoms with Crippen LogP contribution in [-0.2, 0) is 0 Å². The van der Waals surface area contributed by atoms with Crippen molar-refractivity contribution >= 4 is 16.8 Å². The number of hydrogen-bond acceptors (Lipinski definition) is 4. The van der Waals surface area contributed by atoms with Crippen LogP contribution in [0.3, 0.4) is 0 Å². The molecule has 1 aromatic heterocycles. The summed E-state index contributed by atoms with van der Waals surface area (Å²) in [4.78, 5) is 0. The topological polar surface area (TPSA) is 102 Å². The van der Waals surface area contributed by atoms with Gasteiger partial charge in [0.05, 0.1) is 10.9 Å². The first-order chi connectivity index (χ1) is 3.72. The van der Waals surface area contributed by atoms with E-state index in [1.54, 1.807) is 0 Å². The number of rotatable bonds is 0. The fraction of sp³-hybridized carbons (Fsp3) is 0. The summed E-state index contributed by atoms with van der Waals surface area (Å²) in [7, 11) is -1.49. The van der Waals surface area contributed by atoms with Gasteiger partial charge in [0, 0.05) is 0 Å². The summed E-state index contributed by atoms with van der Waals surface area (Å²) >= 11 is 0. The SMILES string of the molecule is N=c1c(N)n[nH][s+]1[O-]. The largest absolute Gasteiger partial charge is 0.568 e. The number of nitrogens with zero attached hydrogens (tertiary/aromatic N) is 1. The van der Waals surface area contributed by atoms with E-state index in [2.05, 4.69) is 9.59 Å². The summed E-state index contributed by atoms with van der Waals surface area (Å²) in [5.41, 5.74) is 5.04. The van der Waals surface area contributed by atoms with Gasteiger partial charge in [0.25, 0.3) is 0 Å². The zero-order chi connectivity index (χ0) is 6.15. The van der Waals surface area contributed by atoms with Crippen LogP contribution in [-0.4, -0.2) is 14.1 Å². The molecule has 0 fully saturated rings. The highest BCUT2D eigenvalue weighted by Gasteiger charge is 2.01. The smallest absolute Gasteiger partial charge is 0.326 e. The van der Waals surface area contributed by atoms with Crippen LogP contribution >= 0.6 is 10.9 Å². The summed E-state index contributed by atoms with van der Waals surface area (Å²) in [6, 6.07) is 0. The van der Waals surface area contributed by atoms with Crippen LogP contribution in [0.15, 0.2) is 0 Å². The number of nitrogens with two attached hydrogens (primary N) is 1. The third kappa shape index (κ3) is 0.592. The second-order valence-electron chi connectivity index (χ2n) is 1.19. The van der Waals surface area contributed by atoms with E-state index in [1.807, 2.05) is 0 Å². The van der Waals surface area contributed by atoms with Crippen LogP contribution in [0.1, 0.15) is 0 Å². The fourth-order valence-corrected chi connectivity index (χ4v) is 0.790. The maximum atomic E-state index is 10.4. The molecule has 0 saturated heterocycles. The van der Waals surface area contributed by atoms with E-state index in [1.165, 1.54) is 0 Å². The van der Waals surface area contributed by atoms with Gasteiger partial charge in [-0.2, -0.15) is 0 Å². The van der Waals surface area contributed by atoms with E-state index < -0.39 is 10.9 Å². The molecular weight excluding hydrogens is 128 g/mol. The molecule has 1 atom stereocenters. The number of hydrogen-bond donors (Lipinski definition) is 3. The first kappa shape index (κ1) is 5.26. The molecule has 0 aliphatic heterocycles. The van der Waals surface area contributed by atoms with E-state index in [-0.39, 0.29) is 10.5 Å². The van der Waals surface area contributed by atoms with Gasteiger partial charge in [0.15, 0.2) is 0 Å². The summed E-state index contributed by atoms with van der Waals surface area (Å²) < 4.78 is 12.3. The van der Waals surface area contributed by atoms with Crippen molar-refractivity contribution in [2.75, 3.05) is 5.73 Å². The predicted molar refractivity (Wildman–Crippen MR) is 27.5 cm³/mol. The highest BCUT2D eigenvalue weighted by Crippen LogP contribution is 1.95. The fourth-order valence-electron chi connectivity index (χ4n) is 0.282. The van der Waals surface area contributed by atoms with E-state index in [4.69, 9.17) is 11.1 Å². The Hall–Kier alpha value is -0.880. The lowest BCUT2D eigenvalue weighted by molar-refractivity contribution is 0.587. The maximum Gasteiger partial charge on any atom is 0.326 e. The zero-order valence-corrected chi connectivity index (χ0v) is 4.66. The van der Waals surface area contributed by atoms with E-state index in [9.17, 15) is 4.55 Å². The lowest BCUT2D eigenvalue weighted by atomic mass is 10.8. The highest BCUT2D eigenvalue weighted by molar-refractivity contribution is 7.17. The molecule has 0 spiro atoms. The average Bonchev–Trinajstić information content (AvgIpc) is 1.98. The lowest BCUT2D eigenvalue weighted by Gasteiger charge is -1.74. The number of nitrogen functional groups attached to an aromatic ring is 1. The van der Waals surface area contributed by atoms with E-state index in [0.717, 1.165) is 0 Å². The van der Waals surface area contributed by atoms with Gasteiger partial charge in [-0.05, 0) is 0 Å². The molecule has 1 aromatic rings. The first-order valence-corrected chi connectivity index (χ1v) is 2.96. The van der Waals surface area contributed by atoms with Crippen LogP contribution < -0.4 is 10.4 Å². The molecule has 0 amide bonds. The van der Waals surface area contributed by atoms with Crippen molar-refractivity contribution in [1.29, 1.82) is 5.41 Å². The Morgan fingerprint density at radius 2 is 2.50 bits per heavy atom. The molecule has 0 aliphatic rings. The molecule has 0 saturated carbocycles. The van der Waals surface area contributed by atoms with Gasteiger partial charge >= 0.3 is 4.67 Å². The van der Waals surface area contributed by atoms with Gasteiger partial charge in [-0.1, -0.05) is 0 Å². The van der Waals surface area contributed by atoms with Crippen molar-refractivity contribution in [1.82, 2.24) is 9.59 Å². The maximum absolute atomic E-state index is 10.4. The minimum absolute atomic E-state index is 0.00309. The van der Waals surface area contributed by atoms with E-state index in [0.29, 0.717) is 0 Å². The monoisotopic (exact) mass is 132 g/mol. The molecule has 1 unspecified atom stereocenters. The Morgan fingerprint density at radius 3 is 2.62 bits per heavy atom. The van der Waals surface area contributed by atoms with Crippen molar-refractivity contribution in [2.24, 2.45) is 0 Å². The van der Waals surface area contributed by atoms with Crippen LogP contribution in [0.4, 0.5) is 5.82 Å². The van der Waals surface area contributed by atoms with Crippen LogP contribution in [0.2, 0.25) is 0 Å². The predicted octanol–water partition coefficient (Wildman–Crippen LogP) is -0.801. The van der Waals surface area contributed by atoms with E-state index >= 15 is 0 Å². The number of aromatic amines is 1. The number of nitrogens with one attached hydrogen (secondary N) is 2. The summed E-state index contributed by atoms with van der Waals surface area (Å²) in [6.45, 7) is 0. The van der Waals surface area contributed by atoms with Crippen LogP contribution in [0.25, 0.3) is 0 Å².